The van der Waals surface area contributed by atoms with E-state index in [0.717, 1.165) is 23.2 Å². The smallest absolute Gasteiger partial charge is 0.243 e. The molecule has 0 spiro atoms. The Bertz CT molecular complexity index is 1000. The molecular formula is C22H22ClN3O3. The number of nitrogens with zero attached hydrogens (tertiary/aromatic N) is 1. The van der Waals surface area contributed by atoms with E-state index in [-0.39, 0.29) is 24.8 Å². The summed E-state index contributed by atoms with van der Waals surface area (Å²) in [6, 6.07) is 14.9. The van der Waals surface area contributed by atoms with E-state index in [2.05, 4.69) is 15.6 Å². The fraction of sp³-hybridized carbons (Fsp3) is 0.227. The number of anilines is 1. The molecule has 0 aliphatic rings. The van der Waals surface area contributed by atoms with E-state index >= 15 is 0 Å². The van der Waals surface area contributed by atoms with Crippen molar-refractivity contribution in [1.82, 2.24) is 10.3 Å². The van der Waals surface area contributed by atoms with Gasteiger partial charge in [0, 0.05) is 24.1 Å². The summed E-state index contributed by atoms with van der Waals surface area (Å²) in [6.07, 6.45) is 2.90. The van der Waals surface area contributed by atoms with Crippen LogP contribution in [0.5, 0.6) is 0 Å². The Hall–Kier alpha value is -3.12. The second-order valence-electron chi connectivity index (χ2n) is 6.43. The van der Waals surface area contributed by atoms with Gasteiger partial charge in [-0.25, -0.2) is 4.98 Å². The second kappa shape index (κ2) is 9.89. The lowest BCUT2D eigenvalue weighted by Crippen LogP contribution is -2.33. The Morgan fingerprint density at radius 1 is 1.07 bits per heavy atom. The van der Waals surface area contributed by atoms with Crippen LogP contribution < -0.4 is 10.6 Å². The van der Waals surface area contributed by atoms with Gasteiger partial charge in [-0.1, -0.05) is 48.9 Å². The highest BCUT2D eigenvalue weighted by Gasteiger charge is 2.12. The number of benzene rings is 2. The van der Waals surface area contributed by atoms with Crippen molar-refractivity contribution >= 4 is 29.1 Å². The van der Waals surface area contributed by atoms with Gasteiger partial charge >= 0.3 is 0 Å². The van der Waals surface area contributed by atoms with Gasteiger partial charge in [0.25, 0.3) is 0 Å². The molecule has 7 heteroatoms. The van der Waals surface area contributed by atoms with Crippen LogP contribution in [0.1, 0.15) is 24.8 Å². The molecule has 150 valence electrons. The summed E-state index contributed by atoms with van der Waals surface area (Å²) in [7, 11) is 0. The molecule has 2 aromatic carbocycles. The van der Waals surface area contributed by atoms with Crippen LogP contribution in [0.3, 0.4) is 0 Å². The molecule has 6 nitrogen and oxygen atoms in total. The molecule has 0 bridgehead atoms. The Balaban J connectivity index is 1.46. The Morgan fingerprint density at radius 2 is 1.83 bits per heavy atom. The van der Waals surface area contributed by atoms with Gasteiger partial charge < -0.3 is 15.1 Å². The third kappa shape index (κ3) is 5.68. The summed E-state index contributed by atoms with van der Waals surface area (Å²) in [5, 5.41) is 6.01. The van der Waals surface area contributed by atoms with Crippen molar-refractivity contribution in [2.45, 2.75) is 26.2 Å². The molecule has 1 heterocycles. The maximum Gasteiger partial charge on any atom is 0.243 e. The highest BCUT2D eigenvalue weighted by molar-refractivity contribution is 6.33. The SMILES string of the molecule is CCc1ccccc1NC(=O)CNC(=O)CCc1ncc(-c2ccccc2Cl)o1. The Labute approximate surface area is 174 Å². The average molecular weight is 412 g/mol. The molecule has 0 saturated heterocycles. The number of carbonyl (C=O) groups is 2. The number of carbonyl (C=O) groups excluding carboxylic acids is 2. The highest BCUT2D eigenvalue weighted by Crippen LogP contribution is 2.28. The van der Waals surface area contributed by atoms with Crippen molar-refractivity contribution in [3.05, 3.63) is 71.2 Å². The van der Waals surface area contributed by atoms with Gasteiger partial charge in [0.2, 0.25) is 11.8 Å². The largest absolute Gasteiger partial charge is 0.441 e. The molecule has 29 heavy (non-hydrogen) atoms. The lowest BCUT2D eigenvalue weighted by atomic mass is 10.1. The molecule has 1 aromatic heterocycles. The van der Waals surface area contributed by atoms with Gasteiger partial charge in [-0.2, -0.15) is 0 Å². The molecule has 3 rings (SSSR count). The summed E-state index contributed by atoms with van der Waals surface area (Å²) in [4.78, 5) is 28.3. The summed E-state index contributed by atoms with van der Waals surface area (Å²) in [6.45, 7) is 1.93. The minimum atomic E-state index is -0.267. The standard InChI is InChI=1S/C22H22ClN3O3/c1-2-15-7-3-6-10-18(15)26-21(28)14-24-20(27)11-12-22-25-13-19(29-22)16-8-4-5-9-17(16)23/h3-10,13H,2,11-12,14H2,1H3,(H,24,27)(H,26,28). The van der Waals surface area contributed by atoms with Crippen molar-refractivity contribution in [1.29, 1.82) is 0 Å². The molecule has 3 aromatic rings. The summed E-state index contributed by atoms with van der Waals surface area (Å²) >= 11 is 6.15. The fourth-order valence-corrected chi connectivity index (χ4v) is 3.07. The predicted molar refractivity (Wildman–Crippen MR) is 113 cm³/mol. The van der Waals surface area contributed by atoms with Crippen molar-refractivity contribution in [2.24, 2.45) is 0 Å². The molecule has 2 N–H and O–H groups in total. The molecule has 0 saturated carbocycles. The monoisotopic (exact) mass is 411 g/mol. The number of hydrogen-bond donors (Lipinski definition) is 2. The van der Waals surface area contributed by atoms with Gasteiger partial charge in [-0.3, -0.25) is 9.59 Å². The molecule has 0 aliphatic heterocycles. The third-order valence-electron chi connectivity index (χ3n) is 4.38. The van der Waals surface area contributed by atoms with Gasteiger partial charge in [-0.05, 0) is 30.2 Å². The normalized spacial score (nSPS) is 10.6. The zero-order chi connectivity index (χ0) is 20.6. The minimum Gasteiger partial charge on any atom is -0.441 e. The Morgan fingerprint density at radius 3 is 2.62 bits per heavy atom. The number of amides is 2. The topological polar surface area (TPSA) is 84.2 Å². The first-order chi connectivity index (χ1) is 14.1. The molecular weight excluding hydrogens is 390 g/mol. The molecule has 0 fully saturated rings. The van der Waals surface area contributed by atoms with E-state index in [0.29, 0.717) is 23.1 Å². The van der Waals surface area contributed by atoms with Crippen LogP contribution in [-0.2, 0) is 22.4 Å². The average Bonchev–Trinajstić information content (AvgIpc) is 3.20. The predicted octanol–water partition coefficient (Wildman–Crippen LogP) is 4.24. The van der Waals surface area contributed by atoms with Gasteiger partial charge in [0.05, 0.1) is 17.8 Å². The quantitative estimate of drug-likeness (QED) is 0.580. The van der Waals surface area contributed by atoms with E-state index in [1.165, 1.54) is 0 Å². The fourth-order valence-electron chi connectivity index (χ4n) is 2.84. The highest BCUT2D eigenvalue weighted by atomic mass is 35.5. The number of rotatable bonds is 8. The maximum atomic E-state index is 12.1. The maximum absolute atomic E-state index is 12.1. The first kappa shape index (κ1) is 20.6. The summed E-state index contributed by atoms with van der Waals surface area (Å²) < 4.78 is 5.68. The first-order valence-corrected chi connectivity index (χ1v) is 9.78. The van der Waals surface area contributed by atoms with Crippen LogP contribution in [0.15, 0.2) is 59.1 Å². The minimum absolute atomic E-state index is 0.0899. The number of para-hydroxylation sites is 1. The van der Waals surface area contributed by atoms with Crippen molar-refractivity contribution in [3.63, 3.8) is 0 Å². The number of nitrogens with one attached hydrogen (secondary N) is 2. The van der Waals surface area contributed by atoms with E-state index < -0.39 is 0 Å². The zero-order valence-electron chi connectivity index (χ0n) is 16.1. The number of aryl methyl sites for hydroxylation is 2. The molecule has 0 unspecified atom stereocenters. The summed E-state index contributed by atoms with van der Waals surface area (Å²) in [5.74, 6) is 0.481. The van der Waals surface area contributed by atoms with Crippen LogP contribution in [0.25, 0.3) is 11.3 Å². The number of aromatic nitrogens is 1. The van der Waals surface area contributed by atoms with Crippen LogP contribution in [0, 0.1) is 0 Å². The number of hydrogen-bond acceptors (Lipinski definition) is 4. The molecule has 2 amide bonds. The van der Waals surface area contributed by atoms with Crippen molar-refractivity contribution in [2.75, 3.05) is 11.9 Å². The van der Waals surface area contributed by atoms with Crippen LogP contribution >= 0.6 is 11.6 Å². The number of oxazole rings is 1. The van der Waals surface area contributed by atoms with Crippen LogP contribution in [0.2, 0.25) is 5.02 Å². The van der Waals surface area contributed by atoms with Gasteiger partial charge in [-0.15, -0.1) is 0 Å². The van der Waals surface area contributed by atoms with Crippen LogP contribution in [0.4, 0.5) is 5.69 Å². The van der Waals surface area contributed by atoms with E-state index in [1.54, 1.807) is 12.3 Å². The van der Waals surface area contributed by atoms with Gasteiger partial charge in [0.1, 0.15) is 0 Å². The summed E-state index contributed by atoms with van der Waals surface area (Å²) in [5.41, 5.74) is 2.56. The first-order valence-electron chi connectivity index (χ1n) is 9.41. The van der Waals surface area contributed by atoms with E-state index in [1.807, 2.05) is 49.4 Å². The second-order valence-corrected chi connectivity index (χ2v) is 6.84. The van der Waals surface area contributed by atoms with E-state index in [9.17, 15) is 9.59 Å². The Kier molecular flexibility index (Phi) is 7.03. The van der Waals surface area contributed by atoms with Gasteiger partial charge in [0.15, 0.2) is 11.7 Å². The third-order valence-corrected chi connectivity index (χ3v) is 4.71. The van der Waals surface area contributed by atoms with Crippen molar-refractivity contribution < 1.29 is 14.0 Å². The lowest BCUT2D eigenvalue weighted by Gasteiger charge is -2.10. The van der Waals surface area contributed by atoms with E-state index in [4.69, 9.17) is 16.0 Å². The lowest BCUT2D eigenvalue weighted by molar-refractivity contribution is -0.124. The molecule has 0 radical (unpaired) electrons. The zero-order valence-corrected chi connectivity index (χ0v) is 16.8. The van der Waals surface area contributed by atoms with Crippen LogP contribution in [-0.4, -0.2) is 23.3 Å². The molecule has 0 atom stereocenters. The molecule has 0 aliphatic carbocycles. The van der Waals surface area contributed by atoms with Crippen molar-refractivity contribution in [3.8, 4) is 11.3 Å². The number of halogens is 1.